The molecule has 6 heteroatoms. The van der Waals surface area contributed by atoms with Gasteiger partial charge < -0.3 is 5.11 Å². The summed E-state index contributed by atoms with van der Waals surface area (Å²) in [4.78, 5) is 10.5. The lowest BCUT2D eigenvalue weighted by Crippen LogP contribution is -2.54. The van der Waals surface area contributed by atoms with Crippen molar-refractivity contribution >= 4 is 16.0 Å². The van der Waals surface area contributed by atoms with Gasteiger partial charge in [0.15, 0.2) is 0 Å². The second-order valence-electron chi connectivity index (χ2n) is 3.58. The van der Waals surface area contributed by atoms with Crippen molar-refractivity contribution in [3.05, 3.63) is 0 Å². The maximum atomic E-state index is 10.9. The van der Waals surface area contributed by atoms with E-state index in [-0.39, 0.29) is 6.42 Å². The molecular weight excluding hydrogens is 194 g/mol. The van der Waals surface area contributed by atoms with Crippen LogP contribution < -0.4 is 4.72 Å². The van der Waals surface area contributed by atoms with E-state index in [9.17, 15) is 13.2 Å². The molecule has 0 radical (unpaired) electrons. The van der Waals surface area contributed by atoms with Crippen molar-refractivity contribution in [3.63, 3.8) is 0 Å². The lowest BCUT2D eigenvalue weighted by atomic mass is 9.75. The molecule has 0 spiro atoms. The van der Waals surface area contributed by atoms with Gasteiger partial charge in [-0.2, -0.15) is 0 Å². The van der Waals surface area contributed by atoms with Crippen LogP contribution in [-0.4, -0.2) is 31.3 Å². The Labute approximate surface area is 77.2 Å². The molecule has 1 rings (SSSR count). The van der Waals surface area contributed by atoms with Gasteiger partial charge in [-0.05, 0) is 19.3 Å². The minimum absolute atomic E-state index is 0.125. The first-order valence-corrected chi connectivity index (χ1v) is 5.93. The van der Waals surface area contributed by atoms with Crippen LogP contribution in [0.25, 0.3) is 0 Å². The van der Waals surface area contributed by atoms with Gasteiger partial charge in [-0.1, -0.05) is 0 Å². The Kier molecular flexibility index (Phi) is 2.63. The highest BCUT2D eigenvalue weighted by Crippen LogP contribution is 2.35. The Morgan fingerprint density at radius 1 is 1.54 bits per heavy atom. The molecular formula is C7H13NO4S. The van der Waals surface area contributed by atoms with E-state index in [2.05, 4.69) is 4.72 Å². The number of nitrogens with one attached hydrogen (secondary N) is 1. The average Bonchev–Trinajstić information content (AvgIpc) is 1.78. The molecule has 0 bridgehead atoms. The summed E-state index contributed by atoms with van der Waals surface area (Å²) in [6.07, 6.45) is 3.05. The fraction of sp³-hybridized carbons (Fsp3) is 0.857. The zero-order valence-corrected chi connectivity index (χ0v) is 8.23. The van der Waals surface area contributed by atoms with Crippen molar-refractivity contribution in [3.8, 4) is 0 Å². The minimum Gasteiger partial charge on any atom is -0.481 e. The molecule has 1 fully saturated rings. The van der Waals surface area contributed by atoms with Crippen LogP contribution in [0.4, 0.5) is 0 Å². The van der Waals surface area contributed by atoms with Gasteiger partial charge in [0.2, 0.25) is 10.0 Å². The number of aliphatic carboxylic acids is 1. The third kappa shape index (κ3) is 2.96. The van der Waals surface area contributed by atoms with Gasteiger partial charge in [-0.3, -0.25) is 4.79 Å². The summed E-state index contributed by atoms with van der Waals surface area (Å²) in [6.45, 7) is 0. The van der Waals surface area contributed by atoms with Crippen LogP contribution >= 0.6 is 0 Å². The second kappa shape index (κ2) is 3.26. The minimum atomic E-state index is -3.30. The summed E-state index contributed by atoms with van der Waals surface area (Å²) in [5.41, 5.74) is -0.709. The van der Waals surface area contributed by atoms with Crippen molar-refractivity contribution in [2.75, 3.05) is 6.26 Å². The van der Waals surface area contributed by atoms with Crippen LogP contribution in [0.1, 0.15) is 25.7 Å². The van der Waals surface area contributed by atoms with Gasteiger partial charge in [0.25, 0.3) is 0 Å². The molecule has 5 nitrogen and oxygen atoms in total. The molecule has 2 N–H and O–H groups in total. The number of carboxylic acids is 1. The molecule has 0 atom stereocenters. The fourth-order valence-corrected chi connectivity index (χ4v) is 2.66. The third-order valence-corrected chi connectivity index (χ3v) is 3.01. The number of carbonyl (C=O) groups is 1. The molecule has 1 aliphatic carbocycles. The van der Waals surface area contributed by atoms with E-state index in [1.54, 1.807) is 0 Å². The first kappa shape index (κ1) is 10.5. The van der Waals surface area contributed by atoms with E-state index in [0.29, 0.717) is 12.8 Å². The molecule has 0 saturated heterocycles. The summed E-state index contributed by atoms with van der Waals surface area (Å²) in [7, 11) is -3.30. The van der Waals surface area contributed by atoms with Gasteiger partial charge >= 0.3 is 5.97 Å². The number of hydrogen-bond donors (Lipinski definition) is 2. The highest BCUT2D eigenvalue weighted by atomic mass is 32.2. The van der Waals surface area contributed by atoms with Crippen LogP contribution in [0.5, 0.6) is 0 Å². The molecule has 13 heavy (non-hydrogen) atoms. The predicted octanol–water partition coefficient (Wildman–Crippen LogP) is -0.0670. The molecule has 0 aliphatic heterocycles. The van der Waals surface area contributed by atoms with Gasteiger partial charge in [0.1, 0.15) is 0 Å². The SMILES string of the molecule is CS(=O)(=O)NC1(CC(=O)O)CCC1. The lowest BCUT2D eigenvalue weighted by Gasteiger charge is -2.40. The van der Waals surface area contributed by atoms with Gasteiger partial charge in [-0.15, -0.1) is 0 Å². The maximum Gasteiger partial charge on any atom is 0.305 e. The Bertz CT molecular complexity index is 304. The molecule has 0 aromatic heterocycles. The van der Waals surface area contributed by atoms with Crippen molar-refractivity contribution in [2.45, 2.75) is 31.2 Å². The first-order chi connectivity index (χ1) is 5.83. The van der Waals surface area contributed by atoms with Crippen molar-refractivity contribution in [1.82, 2.24) is 4.72 Å². The largest absolute Gasteiger partial charge is 0.481 e. The molecule has 1 aliphatic rings. The average molecular weight is 207 g/mol. The standard InChI is InChI=1S/C7H13NO4S/c1-13(11,12)8-7(3-2-4-7)5-6(9)10/h8H,2-5H2,1H3,(H,9,10). The fourth-order valence-electron chi connectivity index (χ4n) is 1.60. The van der Waals surface area contributed by atoms with Crippen molar-refractivity contribution in [2.24, 2.45) is 0 Å². The van der Waals surface area contributed by atoms with Crippen molar-refractivity contribution in [1.29, 1.82) is 0 Å². The molecule has 0 aromatic carbocycles. The second-order valence-corrected chi connectivity index (χ2v) is 5.33. The zero-order chi connectivity index (χ0) is 10.1. The summed E-state index contributed by atoms with van der Waals surface area (Å²) in [6, 6.07) is 0. The summed E-state index contributed by atoms with van der Waals surface area (Å²) < 4.78 is 24.2. The monoisotopic (exact) mass is 207 g/mol. The molecule has 0 heterocycles. The summed E-state index contributed by atoms with van der Waals surface area (Å²) in [5, 5.41) is 8.58. The number of carboxylic acid groups (broad SMARTS) is 1. The van der Waals surface area contributed by atoms with Gasteiger partial charge in [-0.25, -0.2) is 13.1 Å². The topological polar surface area (TPSA) is 83.5 Å². The Morgan fingerprint density at radius 3 is 2.31 bits per heavy atom. The molecule has 0 amide bonds. The van der Waals surface area contributed by atoms with Crippen LogP contribution in [0, 0.1) is 0 Å². The Hall–Kier alpha value is -0.620. The van der Waals surface area contributed by atoms with Crippen molar-refractivity contribution < 1.29 is 18.3 Å². The van der Waals surface area contributed by atoms with E-state index in [1.165, 1.54) is 0 Å². The normalized spacial score (nSPS) is 20.7. The lowest BCUT2D eigenvalue weighted by molar-refractivity contribution is -0.139. The zero-order valence-electron chi connectivity index (χ0n) is 7.41. The number of sulfonamides is 1. The van der Waals surface area contributed by atoms with Crippen LogP contribution in [0.3, 0.4) is 0 Å². The Balaban J connectivity index is 2.65. The number of rotatable bonds is 4. The molecule has 76 valence electrons. The third-order valence-electron chi connectivity index (χ3n) is 2.20. The summed E-state index contributed by atoms with van der Waals surface area (Å²) in [5.74, 6) is -0.962. The van der Waals surface area contributed by atoms with Crippen LogP contribution in [-0.2, 0) is 14.8 Å². The van der Waals surface area contributed by atoms with E-state index in [4.69, 9.17) is 5.11 Å². The van der Waals surface area contributed by atoms with Gasteiger partial charge in [0.05, 0.1) is 12.7 Å². The van der Waals surface area contributed by atoms with Gasteiger partial charge in [0, 0.05) is 5.54 Å². The number of hydrogen-bond acceptors (Lipinski definition) is 3. The summed E-state index contributed by atoms with van der Waals surface area (Å²) >= 11 is 0. The molecule has 0 aromatic rings. The van der Waals surface area contributed by atoms with E-state index < -0.39 is 21.5 Å². The van der Waals surface area contributed by atoms with Crippen LogP contribution in [0.15, 0.2) is 0 Å². The molecule has 1 saturated carbocycles. The van der Waals surface area contributed by atoms with Crippen LogP contribution in [0.2, 0.25) is 0 Å². The van der Waals surface area contributed by atoms with E-state index in [1.807, 2.05) is 0 Å². The highest BCUT2D eigenvalue weighted by Gasteiger charge is 2.41. The smallest absolute Gasteiger partial charge is 0.305 e. The Morgan fingerprint density at radius 2 is 2.08 bits per heavy atom. The van der Waals surface area contributed by atoms with E-state index >= 15 is 0 Å². The quantitative estimate of drug-likeness (QED) is 0.676. The predicted molar refractivity (Wildman–Crippen MR) is 46.8 cm³/mol. The van der Waals surface area contributed by atoms with E-state index in [0.717, 1.165) is 12.7 Å². The highest BCUT2D eigenvalue weighted by molar-refractivity contribution is 7.88. The maximum absolute atomic E-state index is 10.9. The molecule has 0 unspecified atom stereocenters. The first-order valence-electron chi connectivity index (χ1n) is 4.04.